The van der Waals surface area contributed by atoms with Crippen LogP contribution in [0.1, 0.15) is 17.3 Å². The van der Waals surface area contributed by atoms with Gasteiger partial charge in [0.05, 0.1) is 30.7 Å². The standard InChI is InChI=1S/C10H15N3O3.H3N/c1-3-16-10(14)7-4-5-9(8(11)6-7)12-13-15-2;/h4-6,12-13H,3,11H2,1-2H3;1H3. The summed E-state index contributed by atoms with van der Waals surface area (Å²) in [6, 6.07) is 4.82. The Morgan fingerprint density at radius 2 is 2.18 bits per heavy atom. The van der Waals surface area contributed by atoms with E-state index >= 15 is 0 Å². The Labute approximate surface area is 99.8 Å². The minimum Gasteiger partial charge on any atom is -0.462 e. The quantitative estimate of drug-likeness (QED) is 0.346. The first-order valence-electron chi connectivity index (χ1n) is 4.79. The summed E-state index contributed by atoms with van der Waals surface area (Å²) in [6.07, 6.45) is 0. The summed E-state index contributed by atoms with van der Waals surface area (Å²) >= 11 is 0. The summed E-state index contributed by atoms with van der Waals surface area (Å²) in [4.78, 5) is 16.0. The number of hydrogen-bond acceptors (Lipinski definition) is 7. The van der Waals surface area contributed by atoms with Crippen LogP contribution in [0.5, 0.6) is 0 Å². The third kappa shape index (κ3) is 4.27. The zero-order valence-electron chi connectivity index (χ0n) is 9.95. The van der Waals surface area contributed by atoms with Crippen LogP contribution in [0, 0.1) is 0 Å². The van der Waals surface area contributed by atoms with Crippen LogP contribution in [0.15, 0.2) is 18.2 Å². The van der Waals surface area contributed by atoms with Gasteiger partial charge in [0.15, 0.2) is 0 Å². The van der Waals surface area contributed by atoms with E-state index in [4.69, 9.17) is 10.5 Å². The Balaban J connectivity index is 0.00000256. The van der Waals surface area contributed by atoms with E-state index < -0.39 is 0 Å². The predicted molar refractivity (Wildman–Crippen MR) is 65.6 cm³/mol. The van der Waals surface area contributed by atoms with Crippen LogP contribution in [0.4, 0.5) is 11.4 Å². The molecule has 7 N–H and O–H groups in total. The van der Waals surface area contributed by atoms with Crippen LogP contribution >= 0.6 is 0 Å². The number of carbonyl (C=O) groups is 1. The molecule has 0 saturated heterocycles. The van der Waals surface area contributed by atoms with Gasteiger partial charge in [0, 0.05) is 0 Å². The second-order valence-electron chi connectivity index (χ2n) is 2.95. The van der Waals surface area contributed by atoms with Crippen LogP contribution in [-0.4, -0.2) is 19.7 Å². The van der Waals surface area contributed by atoms with Crippen molar-refractivity contribution < 1.29 is 14.4 Å². The molecule has 0 aliphatic carbocycles. The molecule has 0 saturated carbocycles. The number of carbonyl (C=O) groups excluding carboxylic acids is 1. The molecule has 0 aromatic heterocycles. The topological polar surface area (TPSA) is 121 Å². The highest BCUT2D eigenvalue weighted by molar-refractivity contribution is 5.91. The van der Waals surface area contributed by atoms with Crippen molar-refractivity contribution >= 4 is 17.3 Å². The van der Waals surface area contributed by atoms with E-state index in [2.05, 4.69) is 15.9 Å². The number of hydrazine groups is 1. The number of nitrogens with one attached hydrogen (secondary N) is 2. The number of rotatable bonds is 5. The van der Waals surface area contributed by atoms with Crippen molar-refractivity contribution in [2.45, 2.75) is 6.92 Å². The van der Waals surface area contributed by atoms with E-state index in [0.29, 0.717) is 23.5 Å². The highest BCUT2D eigenvalue weighted by atomic mass is 16.7. The summed E-state index contributed by atoms with van der Waals surface area (Å²) in [6.45, 7) is 2.09. The highest BCUT2D eigenvalue weighted by Crippen LogP contribution is 2.19. The fourth-order valence-electron chi connectivity index (χ4n) is 1.12. The van der Waals surface area contributed by atoms with Gasteiger partial charge in [0.2, 0.25) is 0 Å². The fourth-order valence-corrected chi connectivity index (χ4v) is 1.12. The number of hydrogen-bond donors (Lipinski definition) is 4. The third-order valence-electron chi connectivity index (χ3n) is 1.85. The number of nitrogen functional groups attached to an aromatic ring is 1. The van der Waals surface area contributed by atoms with E-state index in [0.717, 1.165) is 0 Å². The van der Waals surface area contributed by atoms with Crippen LogP contribution in [0.25, 0.3) is 0 Å². The summed E-state index contributed by atoms with van der Waals surface area (Å²) in [7, 11) is 1.47. The molecule has 7 heteroatoms. The molecule has 0 fully saturated rings. The van der Waals surface area contributed by atoms with Crippen molar-refractivity contribution in [3.8, 4) is 0 Å². The second kappa shape index (κ2) is 7.44. The van der Waals surface area contributed by atoms with E-state index in [1.807, 2.05) is 0 Å². The Morgan fingerprint density at radius 3 is 2.71 bits per heavy atom. The maximum absolute atomic E-state index is 11.4. The van der Waals surface area contributed by atoms with Crippen molar-refractivity contribution in [1.82, 2.24) is 11.7 Å². The van der Waals surface area contributed by atoms with E-state index in [1.165, 1.54) is 13.2 Å². The predicted octanol–water partition coefficient (Wildman–Crippen LogP) is 1.09. The number of benzene rings is 1. The molecule has 0 unspecified atom stereocenters. The lowest BCUT2D eigenvalue weighted by molar-refractivity contribution is 0.0526. The lowest BCUT2D eigenvalue weighted by Crippen LogP contribution is -2.20. The van der Waals surface area contributed by atoms with Gasteiger partial charge in [-0.25, -0.2) is 4.79 Å². The molecule has 0 aliphatic rings. The van der Waals surface area contributed by atoms with Crippen LogP contribution in [-0.2, 0) is 9.57 Å². The van der Waals surface area contributed by atoms with Crippen molar-refractivity contribution in [1.29, 1.82) is 0 Å². The molecule has 7 nitrogen and oxygen atoms in total. The second-order valence-corrected chi connectivity index (χ2v) is 2.95. The molecule has 0 heterocycles. The maximum Gasteiger partial charge on any atom is 0.338 e. The van der Waals surface area contributed by atoms with Gasteiger partial charge in [-0.1, -0.05) is 0 Å². The van der Waals surface area contributed by atoms with Gasteiger partial charge in [-0.05, 0) is 25.1 Å². The molecular weight excluding hydrogens is 224 g/mol. The molecule has 96 valence electrons. The first-order valence-corrected chi connectivity index (χ1v) is 4.79. The minimum absolute atomic E-state index is 0. The number of esters is 1. The molecule has 0 spiro atoms. The zero-order chi connectivity index (χ0) is 12.0. The SMILES string of the molecule is CCOC(=O)c1ccc(NNOC)c(N)c1.N. The van der Waals surface area contributed by atoms with Gasteiger partial charge in [0.1, 0.15) is 0 Å². The molecule has 1 aromatic rings. The molecule has 1 rings (SSSR count). The van der Waals surface area contributed by atoms with Gasteiger partial charge in [-0.3, -0.25) is 10.3 Å². The summed E-state index contributed by atoms with van der Waals surface area (Å²) in [5.41, 5.74) is 12.3. The Kier molecular flexibility index (Phi) is 6.64. The van der Waals surface area contributed by atoms with Gasteiger partial charge in [-0.2, -0.15) is 0 Å². The molecule has 0 radical (unpaired) electrons. The van der Waals surface area contributed by atoms with Gasteiger partial charge >= 0.3 is 5.97 Å². The molecule has 0 aliphatic heterocycles. The van der Waals surface area contributed by atoms with Crippen LogP contribution in [0.2, 0.25) is 0 Å². The normalized spacial score (nSPS) is 9.29. The van der Waals surface area contributed by atoms with Crippen molar-refractivity contribution in [3.63, 3.8) is 0 Å². The summed E-state index contributed by atoms with van der Waals surface area (Å²) in [5, 5.41) is 0. The Hall–Kier alpha value is -1.83. The average Bonchev–Trinajstić information content (AvgIpc) is 2.27. The van der Waals surface area contributed by atoms with Crippen molar-refractivity contribution in [2.24, 2.45) is 0 Å². The van der Waals surface area contributed by atoms with Gasteiger partial charge < -0.3 is 16.6 Å². The van der Waals surface area contributed by atoms with E-state index in [-0.39, 0.29) is 12.1 Å². The van der Waals surface area contributed by atoms with Crippen LogP contribution in [0.3, 0.4) is 0 Å². The zero-order valence-corrected chi connectivity index (χ0v) is 9.95. The molecule has 0 atom stereocenters. The van der Waals surface area contributed by atoms with Gasteiger partial charge in [-0.15, -0.1) is 5.59 Å². The van der Waals surface area contributed by atoms with Crippen molar-refractivity contribution in [3.05, 3.63) is 23.8 Å². The highest BCUT2D eigenvalue weighted by Gasteiger charge is 2.08. The first-order chi connectivity index (χ1) is 7.69. The molecule has 0 bridgehead atoms. The summed E-state index contributed by atoms with van der Waals surface area (Å²) in [5.74, 6) is -0.388. The molecule has 0 amide bonds. The van der Waals surface area contributed by atoms with E-state index in [1.54, 1.807) is 19.1 Å². The number of ether oxygens (including phenoxy) is 1. The maximum atomic E-state index is 11.4. The lowest BCUT2D eigenvalue weighted by Gasteiger charge is -2.10. The lowest BCUT2D eigenvalue weighted by atomic mass is 10.2. The van der Waals surface area contributed by atoms with E-state index in [9.17, 15) is 4.79 Å². The number of anilines is 2. The Morgan fingerprint density at radius 1 is 1.47 bits per heavy atom. The minimum atomic E-state index is -0.388. The first kappa shape index (κ1) is 15.2. The molecular formula is C10H18N4O3. The average molecular weight is 242 g/mol. The summed E-state index contributed by atoms with van der Waals surface area (Å²) < 4.78 is 4.85. The van der Waals surface area contributed by atoms with Gasteiger partial charge in [0.25, 0.3) is 0 Å². The van der Waals surface area contributed by atoms with Crippen molar-refractivity contribution in [2.75, 3.05) is 24.9 Å². The Bertz CT molecular complexity index is 371. The third-order valence-corrected chi connectivity index (χ3v) is 1.85. The smallest absolute Gasteiger partial charge is 0.338 e. The molecule has 17 heavy (non-hydrogen) atoms. The number of nitrogens with two attached hydrogens (primary N) is 1. The largest absolute Gasteiger partial charge is 0.462 e. The molecule has 1 aromatic carbocycles. The fraction of sp³-hybridized carbons (Fsp3) is 0.300. The van der Waals surface area contributed by atoms with Crippen LogP contribution < -0.4 is 22.9 Å². The monoisotopic (exact) mass is 242 g/mol.